The van der Waals surface area contributed by atoms with Crippen molar-refractivity contribution in [1.29, 1.82) is 0 Å². The first-order chi connectivity index (χ1) is 18.7. The highest BCUT2D eigenvalue weighted by Gasteiger charge is 2.47. The lowest BCUT2D eigenvalue weighted by atomic mass is 9.96. The summed E-state index contributed by atoms with van der Waals surface area (Å²) in [6.45, 7) is 2.09. The van der Waals surface area contributed by atoms with Crippen molar-refractivity contribution >= 4 is 17.7 Å². The molecule has 1 fully saturated rings. The van der Waals surface area contributed by atoms with E-state index in [9.17, 15) is 19.5 Å². The maximum absolute atomic E-state index is 13.3. The minimum Gasteiger partial charge on any atom is -0.386 e. The summed E-state index contributed by atoms with van der Waals surface area (Å²) in [6, 6.07) is 13.7. The fraction of sp³-hybridized carbons (Fsp3) is 0.414. The lowest BCUT2D eigenvalue weighted by molar-refractivity contribution is -0.204. The van der Waals surface area contributed by atoms with Crippen LogP contribution in [0.3, 0.4) is 0 Å². The Morgan fingerprint density at radius 3 is 2.23 bits per heavy atom. The number of methoxy groups -OCH3 is 1. The van der Waals surface area contributed by atoms with Gasteiger partial charge in [-0.15, -0.1) is 0 Å². The molecule has 0 bridgehead atoms. The molecule has 0 spiro atoms. The van der Waals surface area contributed by atoms with E-state index in [0.717, 1.165) is 28.9 Å². The van der Waals surface area contributed by atoms with Crippen LogP contribution in [0.15, 0.2) is 48.5 Å². The molecular weight excluding hydrogens is 502 g/mol. The van der Waals surface area contributed by atoms with Gasteiger partial charge in [0.2, 0.25) is 0 Å². The Balaban J connectivity index is 1.69. The summed E-state index contributed by atoms with van der Waals surface area (Å²) in [5, 5.41) is 12.4. The zero-order valence-electron chi connectivity index (χ0n) is 22.7. The summed E-state index contributed by atoms with van der Waals surface area (Å²) < 4.78 is 10.4. The third-order valence-electron chi connectivity index (χ3n) is 6.61. The van der Waals surface area contributed by atoms with E-state index in [4.69, 9.17) is 14.3 Å². The minimum atomic E-state index is -1.89. The van der Waals surface area contributed by atoms with Gasteiger partial charge in [-0.25, -0.2) is 10.3 Å². The molecule has 0 aromatic heterocycles. The number of amides is 3. The second kappa shape index (κ2) is 13.9. The summed E-state index contributed by atoms with van der Waals surface area (Å²) in [5.74, 6) is 4.08. The van der Waals surface area contributed by atoms with Crippen LogP contribution >= 0.6 is 0 Å². The fourth-order valence-electron chi connectivity index (χ4n) is 3.95. The van der Waals surface area contributed by atoms with E-state index in [-0.39, 0.29) is 12.2 Å². The molecule has 1 saturated heterocycles. The van der Waals surface area contributed by atoms with Gasteiger partial charge in [-0.2, -0.15) is 0 Å². The zero-order valence-corrected chi connectivity index (χ0v) is 22.7. The third kappa shape index (κ3) is 7.43. The molecule has 1 aliphatic rings. The molecule has 3 N–H and O–H groups in total. The quantitative estimate of drug-likeness (QED) is 0.253. The standard InChI is InChI=1S/C29H35N3O7/c1-29(27(35)30-2,28(36)31-39-25-7-5-6-18-38-25)32(3)26(34)23-16-12-21(13-17-23)9-8-20-10-14-22(15-11-20)24(33)19-37-4/h10-17,24-25,33H,5-7,18-19H2,1-4H3,(H,30,35)(H,31,36)/t24?,25?,29-/m0/s1. The highest BCUT2D eigenvalue weighted by molar-refractivity contribution is 6.12. The number of likely N-dealkylation sites (N-methyl/N-ethyl adjacent to an activating group) is 2. The highest BCUT2D eigenvalue weighted by Crippen LogP contribution is 2.20. The Hall–Kier alpha value is -3.75. The summed E-state index contributed by atoms with van der Waals surface area (Å²) in [5.41, 5.74) is 2.85. The van der Waals surface area contributed by atoms with E-state index >= 15 is 0 Å². The van der Waals surface area contributed by atoms with Crippen molar-refractivity contribution in [2.75, 3.05) is 34.4 Å². The molecule has 39 heavy (non-hydrogen) atoms. The van der Waals surface area contributed by atoms with Crippen molar-refractivity contribution in [3.05, 3.63) is 70.8 Å². The maximum atomic E-state index is 13.3. The Bertz CT molecular complexity index is 1200. The van der Waals surface area contributed by atoms with Gasteiger partial charge in [0.05, 0.1) is 6.61 Å². The summed E-state index contributed by atoms with van der Waals surface area (Å²) in [4.78, 5) is 45.6. The van der Waals surface area contributed by atoms with Crippen LogP contribution in [0, 0.1) is 11.8 Å². The van der Waals surface area contributed by atoms with Crippen LogP contribution in [0.1, 0.15) is 59.3 Å². The monoisotopic (exact) mass is 537 g/mol. The summed E-state index contributed by atoms with van der Waals surface area (Å²) in [6.07, 6.45) is 1.13. The molecule has 0 saturated carbocycles. The van der Waals surface area contributed by atoms with Gasteiger partial charge >= 0.3 is 0 Å². The largest absolute Gasteiger partial charge is 0.386 e. The highest BCUT2D eigenvalue weighted by atomic mass is 16.8. The minimum absolute atomic E-state index is 0.210. The second-order valence-electron chi connectivity index (χ2n) is 9.28. The van der Waals surface area contributed by atoms with E-state index in [1.165, 1.54) is 28.1 Å². The lowest BCUT2D eigenvalue weighted by Crippen LogP contribution is -2.65. The molecule has 0 radical (unpaired) electrons. The second-order valence-corrected chi connectivity index (χ2v) is 9.28. The molecule has 1 aliphatic heterocycles. The van der Waals surface area contributed by atoms with E-state index in [1.54, 1.807) is 36.4 Å². The van der Waals surface area contributed by atoms with Gasteiger partial charge in [0, 0.05) is 50.9 Å². The van der Waals surface area contributed by atoms with Crippen molar-refractivity contribution < 1.29 is 33.8 Å². The Morgan fingerprint density at radius 1 is 1.08 bits per heavy atom. The number of nitrogens with one attached hydrogen (secondary N) is 2. The average Bonchev–Trinajstić information content (AvgIpc) is 2.98. The Morgan fingerprint density at radius 2 is 1.69 bits per heavy atom. The van der Waals surface area contributed by atoms with Gasteiger partial charge in [-0.3, -0.25) is 14.4 Å². The van der Waals surface area contributed by atoms with Crippen LogP contribution < -0.4 is 10.8 Å². The van der Waals surface area contributed by atoms with Crippen molar-refractivity contribution in [3.63, 3.8) is 0 Å². The van der Waals surface area contributed by atoms with Crippen molar-refractivity contribution in [2.24, 2.45) is 0 Å². The van der Waals surface area contributed by atoms with Crippen LogP contribution in [0.2, 0.25) is 0 Å². The van der Waals surface area contributed by atoms with Gasteiger partial charge in [-0.1, -0.05) is 24.0 Å². The molecule has 3 amide bonds. The number of carbonyl (C=O) groups is 3. The molecule has 2 unspecified atom stereocenters. The maximum Gasteiger partial charge on any atom is 0.279 e. The Labute approximate surface area is 228 Å². The number of rotatable bonds is 9. The first-order valence-corrected chi connectivity index (χ1v) is 12.7. The summed E-state index contributed by atoms with van der Waals surface area (Å²) in [7, 11) is 4.30. The molecule has 3 rings (SSSR count). The van der Waals surface area contributed by atoms with Gasteiger partial charge in [0.1, 0.15) is 6.10 Å². The zero-order chi connectivity index (χ0) is 28.4. The van der Waals surface area contributed by atoms with Crippen molar-refractivity contribution in [1.82, 2.24) is 15.7 Å². The first kappa shape index (κ1) is 29.8. The number of benzene rings is 2. The number of ether oxygens (including phenoxy) is 2. The van der Waals surface area contributed by atoms with Crippen molar-refractivity contribution in [3.8, 4) is 11.8 Å². The number of hydrogen-bond acceptors (Lipinski definition) is 7. The normalized spacial score (nSPS) is 17.1. The van der Waals surface area contributed by atoms with E-state index in [1.807, 2.05) is 12.1 Å². The third-order valence-corrected chi connectivity index (χ3v) is 6.61. The van der Waals surface area contributed by atoms with Gasteiger partial charge in [0.15, 0.2) is 11.8 Å². The number of carbonyl (C=O) groups excluding carboxylic acids is 3. The van der Waals surface area contributed by atoms with Crippen LogP contribution in [0.4, 0.5) is 0 Å². The van der Waals surface area contributed by atoms with Gasteiger partial charge in [0.25, 0.3) is 17.7 Å². The molecule has 10 heteroatoms. The molecule has 0 aliphatic carbocycles. The summed E-state index contributed by atoms with van der Waals surface area (Å²) >= 11 is 0. The van der Waals surface area contributed by atoms with Crippen LogP contribution in [0.5, 0.6) is 0 Å². The molecule has 208 valence electrons. The number of aliphatic hydroxyl groups excluding tert-OH is 1. The predicted octanol–water partition coefficient (Wildman–Crippen LogP) is 1.92. The van der Waals surface area contributed by atoms with Crippen LogP contribution in [-0.2, 0) is 23.9 Å². The predicted molar refractivity (Wildman–Crippen MR) is 143 cm³/mol. The van der Waals surface area contributed by atoms with Gasteiger partial charge in [-0.05, 0) is 61.7 Å². The molecule has 10 nitrogen and oxygen atoms in total. The molecular formula is C29H35N3O7. The average molecular weight is 538 g/mol. The van der Waals surface area contributed by atoms with E-state index in [2.05, 4.69) is 22.6 Å². The first-order valence-electron chi connectivity index (χ1n) is 12.7. The van der Waals surface area contributed by atoms with E-state index < -0.39 is 35.7 Å². The van der Waals surface area contributed by atoms with Crippen LogP contribution in [-0.4, -0.2) is 74.0 Å². The topological polar surface area (TPSA) is 126 Å². The number of hydroxylamine groups is 1. The lowest BCUT2D eigenvalue weighted by Gasteiger charge is -2.36. The number of nitrogens with zero attached hydrogens (tertiary/aromatic N) is 1. The molecule has 2 aromatic rings. The smallest absolute Gasteiger partial charge is 0.279 e. The Kier molecular flexibility index (Phi) is 10.6. The SMILES string of the molecule is CNC(=O)[C@@](C)(C(=O)NOC1CCCCO1)N(C)C(=O)c1ccc(C#Cc2ccc(C(O)COC)cc2)cc1. The molecule has 2 aromatic carbocycles. The fourth-order valence-corrected chi connectivity index (χ4v) is 3.95. The number of hydrogen-bond donors (Lipinski definition) is 3. The van der Waals surface area contributed by atoms with Crippen molar-refractivity contribution in [2.45, 2.75) is 44.1 Å². The number of aliphatic hydroxyl groups is 1. The van der Waals surface area contributed by atoms with E-state index in [0.29, 0.717) is 18.6 Å². The molecule has 1 heterocycles. The van der Waals surface area contributed by atoms with Crippen LogP contribution in [0.25, 0.3) is 0 Å². The van der Waals surface area contributed by atoms with Gasteiger partial charge < -0.3 is 24.8 Å². The molecule has 3 atom stereocenters.